The molecule has 24 heavy (non-hydrogen) atoms. The van der Waals surface area contributed by atoms with E-state index < -0.39 is 10.0 Å². The Balaban J connectivity index is 2.02. The molecule has 0 aliphatic rings. The van der Waals surface area contributed by atoms with Crippen LogP contribution in [0.1, 0.15) is 18.5 Å². The Bertz CT molecular complexity index is 998. The van der Waals surface area contributed by atoms with Crippen molar-refractivity contribution in [2.24, 2.45) is 12.2 Å². The second-order valence-corrected chi connectivity index (χ2v) is 7.17. The number of aryl methyl sites for hydroxylation is 1. The van der Waals surface area contributed by atoms with Crippen LogP contribution in [0.3, 0.4) is 0 Å². The van der Waals surface area contributed by atoms with E-state index in [1.165, 1.54) is 12.4 Å². The second-order valence-electron chi connectivity index (χ2n) is 5.61. The van der Waals surface area contributed by atoms with Crippen LogP contribution < -0.4 is 10.0 Å². The van der Waals surface area contributed by atoms with Crippen LogP contribution in [0.5, 0.6) is 0 Å². The molecule has 2 heterocycles. The molecule has 0 amide bonds. The highest BCUT2D eigenvalue weighted by Gasteiger charge is 2.19. The third-order valence-corrected chi connectivity index (χ3v) is 5.00. The first-order chi connectivity index (χ1) is 11.3. The van der Waals surface area contributed by atoms with Gasteiger partial charge in [-0.05, 0) is 24.6 Å². The zero-order valence-corrected chi connectivity index (χ0v) is 14.4. The predicted molar refractivity (Wildman–Crippen MR) is 90.9 cm³/mol. The number of sulfonamides is 1. The van der Waals surface area contributed by atoms with Gasteiger partial charge in [-0.1, -0.05) is 12.1 Å². The van der Waals surface area contributed by atoms with Crippen molar-refractivity contribution in [2.75, 3.05) is 11.9 Å². The number of primary sulfonamides is 1. The summed E-state index contributed by atoms with van der Waals surface area (Å²) in [7, 11) is -0.0285. The molecule has 2 aromatic heterocycles. The van der Waals surface area contributed by atoms with E-state index in [0.717, 1.165) is 22.4 Å². The molecule has 0 bridgehead atoms. The molecule has 0 radical (unpaired) electrons. The molecular weight excluding hydrogens is 328 g/mol. The van der Waals surface area contributed by atoms with Gasteiger partial charge in [-0.25, -0.2) is 23.5 Å². The zero-order chi connectivity index (χ0) is 17.5. The average molecular weight is 346 g/mol. The summed E-state index contributed by atoms with van der Waals surface area (Å²) in [5.41, 5.74) is 1.55. The predicted octanol–water partition coefficient (Wildman–Crippen LogP) is 1.21. The lowest BCUT2D eigenvalue weighted by molar-refractivity contribution is 0.597. The number of nitrogens with two attached hydrogens (primary N) is 1. The lowest BCUT2D eigenvalue weighted by Gasteiger charge is -2.26. The number of benzene rings is 1. The van der Waals surface area contributed by atoms with E-state index in [1.54, 1.807) is 23.0 Å². The third-order valence-electron chi connectivity index (χ3n) is 4.09. The van der Waals surface area contributed by atoms with E-state index in [4.69, 9.17) is 5.14 Å². The molecule has 0 saturated heterocycles. The molecule has 1 atom stereocenters. The molecule has 8 nitrogen and oxygen atoms in total. The smallest absolute Gasteiger partial charge is 0.238 e. The van der Waals surface area contributed by atoms with E-state index in [-0.39, 0.29) is 10.9 Å². The fourth-order valence-corrected chi connectivity index (χ4v) is 3.16. The molecule has 126 valence electrons. The second kappa shape index (κ2) is 5.84. The summed E-state index contributed by atoms with van der Waals surface area (Å²) in [4.78, 5) is 10.6. The van der Waals surface area contributed by atoms with E-state index >= 15 is 0 Å². The maximum absolute atomic E-state index is 11.6. The Hall–Kier alpha value is -2.52. The Morgan fingerprint density at radius 3 is 2.75 bits per heavy atom. The summed E-state index contributed by atoms with van der Waals surface area (Å²) < 4.78 is 24.8. The number of nitrogens with zero attached hydrogens (tertiary/aromatic N) is 5. The minimum atomic E-state index is -3.74. The monoisotopic (exact) mass is 346 g/mol. The van der Waals surface area contributed by atoms with E-state index in [2.05, 4.69) is 15.1 Å². The van der Waals surface area contributed by atoms with E-state index in [9.17, 15) is 8.42 Å². The third kappa shape index (κ3) is 2.83. The van der Waals surface area contributed by atoms with Gasteiger partial charge in [0, 0.05) is 14.1 Å². The van der Waals surface area contributed by atoms with Crippen molar-refractivity contribution in [2.45, 2.75) is 17.9 Å². The maximum atomic E-state index is 11.6. The molecule has 0 spiro atoms. The fourth-order valence-electron chi connectivity index (χ4n) is 2.59. The van der Waals surface area contributed by atoms with Gasteiger partial charge < -0.3 is 4.90 Å². The van der Waals surface area contributed by atoms with Gasteiger partial charge >= 0.3 is 0 Å². The minimum Gasteiger partial charge on any atom is -0.352 e. The molecule has 0 saturated carbocycles. The minimum absolute atomic E-state index is 0.0921. The molecule has 0 unspecified atom stereocenters. The summed E-state index contributed by atoms with van der Waals surface area (Å²) in [5, 5.41) is 10.3. The van der Waals surface area contributed by atoms with Gasteiger partial charge in [0.05, 0.1) is 22.5 Å². The van der Waals surface area contributed by atoms with Crippen molar-refractivity contribution in [3.8, 4) is 0 Å². The van der Waals surface area contributed by atoms with Gasteiger partial charge in [0.1, 0.15) is 12.1 Å². The molecule has 0 aliphatic carbocycles. The molecule has 9 heteroatoms. The molecule has 1 aromatic carbocycles. The standard InChI is InChI=1S/C15H18N6O2S/c1-10(11-5-4-6-12(7-11)24(16,22)23)20(2)14-13-8-19-21(3)15(13)18-9-17-14/h4-10H,1-3H3,(H2,16,22,23)/t10-/m1/s1. The SMILES string of the molecule is C[C@H](c1cccc(S(N)(=O)=O)c1)N(C)c1ncnc2c1cnn2C. The summed E-state index contributed by atoms with van der Waals surface area (Å²) in [6.07, 6.45) is 3.21. The van der Waals surface area contributed by atoms with Crippen molar-refractivity contribution >= 4 is 26.9 Å². The first-order valence-electron chi connectivity index (χ1n) is 7.27. The topological polar surface area (TPSA) is 107 Å². The summed E-state index contributed by atoms with van der Waals surface area (Å²) in [6, 6.07) is 6.48. The molecule has 3 rings (SSSR count). The van der Waals surface area contributed by atoms with E-state index in [0.29, 0.717) is 0 Å². The van der Waals surface area contributed by atoms with Crippen molar-refractivity contribution in [3.63, 3.8) is 0 Å². The lowest BCUT2D eigenvalue weighted by Crippen LogP contribution is -2.23. The zero-order valence-electron chi connectivity index (χ0n) is 13.6. The van der Waals surface area contributed by atoms with Crippen LogP contribution in [0.2, 0.25) is 0 Å². The Morgan fingerprint density at radius 2 is 2.04 bits per heavy atom. The Labute approximate surface area is 140 Å². The van der Waals surface area contributed by atoms with Crippen LogP contribution >= 0.6 is 0 Å². The van der Waals surface area contributed by atoms with Crippen molar-refractivity contribution in [1.29, 1.82) is 0 Å². The first-order valence-corrected chi connectivity index (χ1v) is 8.82. The highest BCUT2D eigenvalue weighted by Crippen LogP contribution is 2.29. The van der Waals surface area contributed by atoms with Crippen LogP contribution in [0.25, 0.3) is 11.0 Å². The number of rotatable bonds is 4. The van der Waals surface area contributed by atoms with Crippen LogP contribution in [0.4, 0.5) is 5.82 Å². The van der Waals surface area contributed by atoms with Crippen molar-refractivity contribution in [1.82, 2.24) is 19.7 Å². The highest BCUT2D eigenvalue weighted by atomic mass is 32.2. The Morgan fingerprint density at radius 1 is 1.29 bits per heavy atom. The van der Waals surface area contributed by atoms with Gasteiger partial charge in [0.2, 0.25) is 10.0 Å². The molecule has 2 N–H and O–H groups in total. The number of anilines is 1. The number of hydrogen-bond acceptors (Lipinski definition) is 6. The molecule has 3 aromatic rings. The maximum Gasteiger partial charge on any atom is 0.238 e. The van der Waals surface area contributed by atoms with Gasteiger partial charge in [0.15, 0.2) is 5.65 Å². The lowest BCUT2D eigenvalue weighted by atomic mass is 10.1. The van der Waals surface area contributed by atoms with Crippen LogP contribution in [-0.2, 0) is 17.1 Å². The summed E-state index contributed by atoms with van der Waals surface area (Å²) in [6.45, 7) is 1.96. The van der Waals surface area contributed by atoms with Crippen molar-refractivity contribution < 1.29 is 8.42 Å². The van der Waals surface area contributed by atoms with Crippen LogP contribution in [0.15, 0.2) is 41.7 Å². The molecule has 0 aliphatic heterocycles. The molecule has 0 fully saturated rings. The fraction of sp³-hybridized carbons (Fsp3) is 0.267. The first kappa shape index (κ1) is 16.3. The Kier molecular flexibility index (Phi) is 3.98. The number of hydrogen-bond donors (Lipinski definition) is 1. The van der Waals surface area contributed by atoms with Gasteiger partial charge in [-0.15, -0.1) is 0 Å². The number of fused-ring (bicyclic) bond motifs is 1. The van der Waals surface area contributed by atoms with Crippen molar-refractivity contribution in [3.05, 3.63) is 42.4 Å². The van der Waals surface area contributed by atoms with Crippen LogP contribution in [-0.4, -0.2) is 35.2 Å². The van der Waals surface area contributed by atoms with Gasteiger partial charge in [0.25, 0.3) is 0 Å². The largest absolute Gasteiger partial charge is 0.352 e. The summed E-state index contributed by atoms with van der Waals surface area (Å²) >= 11 is 0. The van der Waals surface area contributed by atoms with Gasteiger partial charge in [-0.2, -0.15) is 5.10 Å². The summed E-state index contributed by atoms with van der Waals surface area (Å²) in [5.74, 6) is 0.724. The van der Waals surface area contributed by atoms with Gasteiger partial charge in [-0.3, -0.25) is 4.68 Å². The number of aromatic nitrogens is 4. The highest BCUT2D eigenvalue weighted by molar-refractivity contribution is 7.89. The average Bonchev–Trinajstić information content (AvgIpc) is 2.94. The normalized spacial score (nSPS) is 13.2. The van der Waals surface area contributed by atoms with Crippen LogP contribution in [0, 0.1) is 0 Å². The van der Waals surface area contributed by atoms with E-state index in [1.807, 2.05) is 32.0 Å². The quantitative estimate of drug-likeness (QED) is 0.761. The molecular formula is C15H18N6O2S.